The van der Waals surface area contributed by atoms with Gasteiger partial charge in [0.05, 0.1) is 17.7 Å². The molecule has 0 amide bonds. The van der Waals surface area contributed by atoms with Gasteiger partial charge in [-0.25, -0.2) is 9.59 Å². The number of carbonyl (C=O) groups excluding carboxylic acids is 1. The number of benzene rings is 2. The molecule has 0 aliphatic heterocycles. The Hall–Kier alpha value is -2.66. The highest BCUT2D eigenvalue weighted by Crippen LogP contribution is 2.19. The maximum atomic E-state index is 12.3. The van der Waals surface area contributed by atoms with Gasteiger partial charge in [0.15, 0.2) is 0 Å². The first-order valence-electron chi connectivity index (χ1n) is 21.0. The quantitative estimate of drug-likeness (QED) is 0.0712. The van der Waals surface area contributed by atoms with Gasteiger partial charge < -0.3 is 14.9 Å². The van der Waals surface area contributed by atoms with Gasteiger partial charge >= 0.3 is 11.9 Å². The molecule has 0 fully saturated rings. The zero-order valence-corrected chi connectivity index (χ0v) is 33.9. The van der Waals surface area contributed by atoms with Crippen molar-refractivity contribution in [1.82, 2.24) is 0 Å². The van der Waals surface area contributed by atoms with Crippen LogP contribution in [0, 0.1) is 11.8 Å². The lowest BCUT2D eigenvalue weighted by Crippen LogP contribution is -2.15. The van der Waals surface area contributed by atoms with Gasteiger partial charge in [-0.1, -0.05) is 156 Å². The predicted octanol–water partition coefficient (Wildman–Crippen LogP) is 13.4. The van der Waals surface area contributed by atoms with Crippen molar-refractivity contribution in [2.24, 2.45) is 11.8 Å². The molecule has 5 nitrogen and oxygen atoms in total. The lowest BCUT2D eigenvalue weighted by molar-refractivity contribution is 0.0422. The van der Waals surface area contributed by atoms with Crippen LogP contribution >= 0.6 is 0 Å². The molecule has 0 radical (unpaired) electrons. The van der Waals surface area contributed by atoms with Crippen LogP contribution in [0.3, 0.4) is 0 Å². The largest absolute Gasteiger partial charge is 0.478 e. The monoisotopic (exact) mass is 711 g/mol. The number of hydrogen-bond donors (Lipinski definition) is 2. The maximum absolute atomic E-state index is 12.3. The summed E-state index contributed by atoms with van der Waals surface area (Å²) in [5.74, 6) is 0.0699. The molecule has 2 atom stereocenters. The van der Waals surface area contributed by atoms with E-state index in [9.17, 15) is 9.59 Å². The summed E-state index contributed by atoms with van der Waals surface area (Å²) in [6.45, 7) is 14.2. The average Bonchev–Trinajstić information content (AvgIpc) is 3.16. The molecule has 0 heterocycles. The molecular formula is C46H78O5. The molecule has 2 N–H and O–H groups in total. The Balaban J connectivity index is 0.000000810. The highest BCUT2D eigenvalue weighted by Gasteiger charge is 2.13. The third-order valence-electron chi connectivity index (χ3n) is 9.60. The van der Waals surface area contributed by atoms with Gasteiger partial charge in [-0.15, -0.1) is 0 Å². The molecule has 2 rings (SSSR count). The molecular weight excluding hydrogens is 633 g/mol. The van der Waals surface area contributed by atoms with E-state index >= 15 is 0 Å². The summed E-state index contributed by atoms with van der Waals surface area (Å²) in [4.78, 5) is 22.8. The summed E-state index contributed by atoms with van der Waals surface area (Å²) in [7, 11) is 0. The first-order valence-corrected chi connectivity index (χ1v) is 21.0. The summed E-state index contributed by atoms with van der Waals surface area (Å²) in [5.41, 5.74) is 3.56. The van der Waals surface area contributed by atoms with Gasteiger partial charge in [-0.2, -0.15) is 0 Å². The summed E-state index contributed by atoms with van der Waals surface area (Å²) in [6.07, 6.45) is 27.1. The number of carboxylic acid groups (broad SMARTS) is 1. The summed E-state index contributed by atoms with van der Waals surface area (Å²) in [5, 5.41) is 17.8. The second-order valence-electron chi connectivity index (χ2n) is 14.4. The van der Waals surface area contributed by atoms with Crippen LogP contribution in [0.4, 0.5) is 0 Å². The Labute approximate surface area is 314 Å². The molecule has 2 aromatic carbocycles. The molecule has 0 aliphatic rings. The highest BCUT2D eigenvalue weighted by molar-refractivity contribution is 5.89. The SMILES string of the molecule is CCCCCCC(CCCC)COC(=O)c1ccc(CCCC)cc1.CCCCCCC(CO)CCCC.CCCCc1ccc(C(=O)O)cc1. The Morgan fingerprint density at radius 3 is 1.31 bits per heavy atom. The van der Waals surface area contributed by atoms with Crippen LogP contribution in [0.2, 0.25) is 0 Å². The summed E-state index contributed by atoms with van der Waals surface area (Å²) >= 11 is 0. The van der Waals surface area contributed by atoms with Crippen molar-refractivity contribution >= 4 is 11.9 Å². The van der Waals surface area contributed by atoms with E-state index in [4.69, 9.17) is 14.9 Å². The molecule has 0 spiro atoms. The fourth-order valence-electron chi connectivity index (χ4n) is 6.00. The Morgan fingerprint density at radius 2 is 0.902 bits per heavy atom. The summed E-state index contributed by atoms with van der Waals surface area (Å²) < 4.78 is 5.63. The molecule has 51 heavy (non-hydrogen) atoms. The van der Waals surface area contributed by atoms with Gasteiger partial charge in [-0.3, -0.25) is 0 Å². The van der Waals surface area contributed by atoms with E-state index in [1.54, 1.807) is 12.1 Å². The topological polar surface area (TPSA) is 83.8 Å². The van der Waals surface area contributed by atoms with E-state index in [1.807, 2.05) is 24.3 Å². The highest BCUT2D eigenvalue weighted by atomic mass is 16.5. The van der Waals surface area contributed by atoms with Crippen LogP contribution < -0.4 is 0 Å². The molecule has 292 valence electrons. The van der Waals surface area contributed by atoms with Gasteiger partial charge in [0.2, 0.25) is 0 Å². The molecule has 0 aromatic heterocycles. The van der Waals surface area contributed by atoms with Crippen LogP contribution in [0.5, 0.6) is 0 Å². The molecule has 0 aliphatic carbocycles. The van der Waals surface area contributed by atoms with Crippen molar-refractivity contribution in [3.8, 4) is 0 Å². The second-order valence-corrected chi connectivity index (χ2v) is 14.4. The van der Waals surface area contributed by atoms with Gasteiger partial charge in [0.25, 0.3) is 0 Å². The van der Waals surface area contributed by atoms with Crippen molar-refractivity contribution < 1.29 is 24.5 Å². The zero-order valence-electron chi connectivity index (χ0n) is 33.9. The van der Waals surface area contributed by atoms with Crippen LogP contribution in [-0.2, 0) is 17.6 Å². The van der Waals surface area contributed by atoms with Gasteiger partial charge in [0.1, 0.15) is 0 Å². The van der Waals surface area contributed by atoms with E-state index < -0.39 is 5.97 Å². The van der Waals surface area contributed by atoms with Crippen molar-refractivity contribution in [3.63, 3.8) is 0 Å². The number of aryl methyl sites for hydroxylation is 2. The number of rotatable bonds is 27. The van der Waals surface area contributed by atoms with Crippen LogP contribution in [0.25, 0.3) is 0 Å². The maximum Gasteiger partial charge on any atom is 0.338 e. The van der Waals surface area contributed by atoms with E-state index in [0.29, 0.717) is 36.2 Å². The summed E-state index contributed by atoms with van der Waals surface area (Å²) in [6, 6.07) is 15.0. The number of ether oxygens (including phenoxy) is 1. The van der Waals surface area contributed by atoms with Crippen molar-refractivity contribution in [2.45, 2.75) is 183 Å². The van der Waals surface area contributed by atoms with Crippen molar-refractivity contribution in [3.05, 3.63) is 70.8 Å². The fraction of sp³-hybridized carbons (Fsp3) is 0.696. The third-order valence-corrected chi connectivity index (χ3v) is 9.60. The van der Waals surface area contributed by atoms with Crippen molar-refractivity contribution in [2.75, 3.05) is 13.2 Å². The van der Waals surface area contributed by atoms with Gasteiger partial charge in [0, 0.05) is 6.61 Å². The smallest absolute Gasteiger partial charge is 0.338 e. The number of carboxylic acids is 1. The lowest BCUT2D eigenvalue weighted by Gasteiger charge is -2.17. The first-order chi connectivity index (χ1) is 24.8. The molecule has 0 saturated carbocycles. The minimum absolute atomic E-state index is 0.169. The Bertz CT molecular complexity index is 1060. The van der Waals surface area contributed by atoms with Crippen LogP contribution in [0.15, 0.2) is 48.5 Å². The van der Waals surface area contributed by atoms with E-state index in [-0.39, 0.29) is 5.97 Å². The van der Waals surface area contributed by atoms with Crippen LogP contribution in [0.1, 0.15) is 202 Å². The number of esters is 1. The minimum atomic E-state index is -0.859. The molecule has 2 aromatic rings. The standard InChI is InChI=1S/C23H38O2.C12H26O.C11H14O2/c1-4-7-10-11-14-21(13-9-6-3)19-25-23(24)22-17-15-20(16-18-22)12-8-5-2;1-3-5-7-8-10-12(11-13)9-6-4-2;1-2-3-4-9-5-7-10(8-6-9)11(12)13/h15-18,21H,4-14,19H2,1-3H3;12-13H,3-11H2,1-2H3;5-8H,2-4H2,1H3,(H,12,13). The van der Waals surface area contributed by atoms with E-state index in [0.717, 1.165) is 19.3 Å². The number of aromatic carboxylic acids is 1. The fourth-order valence-corrected chi connectivity index (χ4v) is 6.00. The Kier molecular flexibility index (Phi) is 32.6. The average molecular weight is 711 g/mol. The second kappa shape index (κ2) is 34.4. The number of aliphatic hydroxyl groups excluding tert-OH is 1. The van der Waals surface area contributed by atoms with Crippen molar-refractivity contribution in [1.29, 1.82) is 0 Å². The first kappa shape index (κ1) is 48.3. The van der Waals surface area contributed by atoms with E-state index in [1.165, 1.54) is 133 Å². The molecule has 0 saturated heterocycles. The number of aliphatic hydroxyl groups is 1. The predicted molar refractivity (Wildman–Crippen MR) is 218 cm³/mol. The molecule has 5 heteroatoms. The number of hydrogen-bond acceptors (Lipinski definition) is 4. The Morgan fingerprint density at radius 1 is 0.510 bits per heavy atom. The minimum Gasteiger partial charge on any atom is -0.478 e. The third kappa shape index (κ3) is 26.7. The normalized spacial score (nSPS) is 11.8. The lowest BCUT2D eigenvalue weighted by atomic mass is 9.96. The number of unbranched alkanes of at least 4 members (excludes halogenated alkanes) is 10. The van der Waals surface area contributed by atoms with Crippen LogP contribution in [-0.4, -0.2) is 35.4 Å². The molecule has 0 bridgehead atoms. The molecule has 2 unspecified atom stereocenters. The zero-order chi connectivity index (χ0) is 38.0. The van der Waals surface area contributed by atoms with E-state index in [2.05, 4.69) is 53.7 Å². The van der Waals surface area contributed by atoms with Gasteiger partial charge in [-0.05, 0) is 98.6 Å². The number of carbonyl (C=O) groups is 2.